The second-order valence-corrected chi connectivity index (χ2v) is 8.73. The summed E-state index contributed by atoms with van der Waals surface area (Å²) in [6.45, 7) is 2.54. The van der Waals surface area contributed by atoms with Gasteiger partial charge in [-0.3, -0.25) is 4.79 Å². The lowest BCUT2D eigenvalue weighted by atomic mass is 9.96. The van der Waals surface area contributed by atoms with Gasteiger partial charge in [-0.1, -0.05) is 23.5 Å². The number of carbonyl (C=O) groups is 1. The van der Waals surface area contributed by atoms with E-state index in [1.165, 1.54) is 11.3 Å². The molecule has 2 aliphatic rings. The molecule has 8 nitrogen and oxygen atoms in total. The smallest absolute Gasteiger partial charge is 0.298 e. The molecule has 31 heavy (non-hydrogen) atoms. The first-order valence-electron chi connectivity index (χ1n) is 10.3. The number of anilines is 2. The number of rotatable bonds is 3. The predicted octanol–water partition coefficient (Wildman–Crippen LogP) is 4.06. The van der Waals surface area contributed by atoms with E-state index in [0.29, 0.717) is 30.1 Å². The maximum absolute atomic E-state index is 12.8. The van der Waals surface area contributed by atoms with Gasteiger partial charge in [-0.05, 0) is 25.0 Å². The maximum atomic E-state index is 12.8. The Labute approximate surface area is 181 Å². The van der Waals surface area contributed by atoms with Gasteiger partial charge in [0, 0.05) is 31.1 Å². The molecule has 1 saturated heterocycles. The van der Waals surface area contributed by atoms with Crippen molar-refractivity contribution in [1.82, 2.24) is 9.97 Å². The molecule has 0 spiro atoms. The molecule has 1 fully saturated rings. The van der Waals surface area contributed by atoms with Crippen LogP contribution < -0.4 is 19.7 Å². The van der Waals surface area contributed by atoms with Gasteiger partial charge in [0.2, 0.25) is 5.91 Å². The molecule has 0 unspecified atom stereocenters. The van der Waals surface area contributed by atoms with E-state index in [9.17, 15) is 4.79 Å². The number of aromatic nitrogens is 2. The number of nitrogens with zero attached hydrogens (tertiary/aromatic N) is 3. The molecule has 158 valence electrons. The third-order valence-electron chi connectivity index (χ3n) is 5.70. The van der Waals surface area contributed by atoms with E-state index in [4.69, 9.17) is 13.9 Å². The Bertz CT molecular complexity index is 1200. The van der Waals surface area contributed by atoms with Crippen LogP contribution in [0.5, 0.6) is 11.5 Å². The van der Waals surface area contributed by atoms with Crippen molar-refractivity contribution in [3.63, 3.8) is 0 Å². The quantitative estimate of drug-likeness (QED) is 0.518. The fourth-order valence-electron chi connectivity index (χ4n) is 4.05. The number of amides is 1. The highest BCUT2D eigenvalue weighted by molar-refractivity contribution is 7.22. The van der Waals surface area contributed by atoms with Gasteiger partial charge in [0.15, 0.2) is 22.2 Å². The number of benzene rings is 2. The van der Waals surface area contributed by atoms with E-state index in [1.807, 2.05) is 36.4 Å². The zero-order valence-corrected chi connectivity index (χ0v) is 17.5. The van der Waals surface area contributed by atoms with Crippen LogP contribution in [0.1, 0.15) is 12.8 Å². The number of fused-ring (bicyclic) bond motifs is 3. The lowest BCUT2D eigenvalue weighted by Gasteiger charge is -2.29. The van der Waals surface area contributed by atoms with Gasteiger partial charge >= 0.3 is 0 Å². The molecule has 4 heterocycles. The molecule has 6 rings (SSSR count). The molecule has 9 heteroatoms. The first-order valence-corrected chi connectivity index (χ1v) is 11.2. The number of thiazole rings is 1. The van der Waals surface area contributed by atoms with Gasteiger partial charge in [0.1, 0.15) is 18.7 Å². The zero-order valence-electron chi connectivity index (χ0n) is 16.7. The molecule has 1 amide bonds. The van der Waals surface area contributed by atoms with Crippen molar-refractivity contribution in [3.8, 4) is 11.5 Å². The van der Waals surface area contributed by atoms with Gasteiger partial charge in [-0.15, -0.1) is 0 Å². The lowest BCUT2D eigenvalue weighted by Crippen LogP contribution is -2.38. The minimum absolute atomic E-state index is 0.00790. The minimum Gasteiger partial charge on any atom is -0.486 e. The maximum Gasteiger partial charge on any atom is 0.298 e. The fourth-order valence-corrected chi connectivity index (χ4v) is 4.93. The van der Waals surface area contributed by atoms with Gasteiger partial charge in [-0.2, -0.15) is 4.98 Å². The molecule has 2 aromatic carbocycles. The number of carbonyl (C=O) groups excluding carboxylic acids is 1. The molecule has 2 aromatic heterocycles. The molecule has 0 atom stereocenters. The number of para-hydroxylation sites is 2. The van der Waals surface area contributed by atoms with Crippen molar-refractivity contribution in [2.75, 3.05) is 36.5 Å². The van der Waals surface area contributed by atoms with Crippen LogP contribution >= 0.6 is 11.3 Å². The molecular formula is C22H20N4O4S. The molecule has 0 bridgehead atoms. The Morgan fingerprint density at radius 1 is 1.03 bits per heavy atom. The summed E-state index contributed by atoms with van der Waals surface area (Å²) in [5.41, 5.74) is 2.44. The Kier molecular flexibility index (Phi) is 4.41. The van der Waals surface area contributed by atoms with Gasteiger partial charge in [-0.25, -0.2) is 4.98 Å². The molecule has 0 saturated carbocycles. The largest absolute Gasteiger partial charge is 0.486 e. The van der Waals surface area contributed by atoms with E-state index >= 15 is 0 Å². The molecule has 0 radical (unpaired) electrons. The first-order chi connectivity index (χ1) is 15.2. The Balaban J connectivity index is 1.12. The standard InChI is InChI=1S/C22H20N4O4S/c27-20(25-21-23-15-11-17-18(12-19(15)31-21)29-10-9-28-17)13-5-7-26(8-6-13)22-24-14-3-1-2-4-16(14)30-22/h1-4,11-13H,5-10H2,(H,23,25,27). The lowest BCUT2D eigenvalue weighted by molar-refractivity contribution is -0.120. The number of ether oxygens (including phenoxy) is 2. The van der Waals surface area contributed by atoms with Crippen LogP contribution in [-0.2, 0) is 4.79 Å². The number of oxazole rings is 1. The van der Waals surface area contributed by atoms with Crippen LogP contribution in [0.2, 0.25) is 0 Å². The summed E-state index contributed by atoms with van der Waals surface area (Å²) >= 11 is 1.45. The van der Waals surface area contributed by atoms with E-state index in [0.717, 1.165) is 53.0 Å². The van der Waals surface area contributed by atoms with Crippen molar-refractivity contribution in [2.45, 2.75) is 12.8 Å². The van der Waals surface area contributed by atoms with Crippen molar-refractivity contribution in [3.05, 3.63) is 36.4 Å². The first kappa shape index (κ1) is 18.4. The van der Waals surface area contributed by atoms with Crippen molar-refractivity contribution in [2.24, 2.45) is 5.92 Å². The summed E-state index contributed by atoms with van der Waals surface area (Å²) in [6.07, 6.45) is 1.48. The zero-order chi connectivity index (χ0) is 20.8. The topological polar surface area (TPSA) is 89.7 Å². The summed E-state index contributed by atoms with van der Waals surface area (Å²) < 4.78 is 18.1. The highest BCUT2D eigenvalue weighted by atomic mass is 32.1. The molecule has 1 N–H and O–H groups in total. The van der Waals surface area contributed by atoms with Crippen LogP contribution in [0.4, 0.5) is 11.1 Å². The third-order valence-corrected chi connectivity index (χ3v) is 6.63. The molecular weight excluding hydrogens is 416 g/mol. The van der Waals surface area contributed by atoms with E-state index < -0.39 is 0 Å². The van der Waals surface area contributed by atoms with Gasteiger partial charge < -0.3 is 24.1 Å². The Morgan fingerprint density at radius 3 is 2.61 bits per heavy atom. The summed E-state index contributed by atoms with van der Waals surface area (Å²) in [4.78, 5) is 24.1. The summed E-state index contributed by atoms with van der Waals surface area (Å²) in [5.74, 6) is 1.38. The van der Waals surface area contributed by atoms with E-state index in [-0.39, 0.29) is 11.8 Å². The highest BCUT2D eigenvalue weighted by Gasteiger charge is 2.28. The molecule has 2 aliphatic heterocycles. The number of piperidine rings is 1. The monoisotopic (exact) mass is 436 g/mol. The normalized spacial score (nSPS) is 16.7. The minimum atomic E-state index is -0.0625. The van der Waals surface area contributed by atoms with Crippen LogP contribution in [0.15, 0.2) is 40.8 Å². The van der Waals surface area contributed by atoms with Crippen molar-refractivity contribution >= 4 is 49.7 Å². The SMILES string of the molecule is O=C(Nc1nc2cc3c(cc2s1)OCCO3)C1CCN(c2nc3ccccc3o2)CC1. The van der Waals surface area contributed by atoms with Crippen molar-refractivity contribution in [1.29, 1.82) is 0 Å². The summed E-state index contributed by atoms with van der Waals surface area (Å²) in [6, 6.07) is 12.2. The highest BCUT2D eigenvalue weighted by Crippen LogP contribution is 2.38. The van der Waals surface area contributed by atoms with E-state index in [1.54, 1.807) is 0 Å². The Morgan fingerprint density at radius 2 is 1.81 bits per heavy atom. The van der Waals surface area contributed by atoms with Gasteiger partial charge in [0.05, 0.1) is 10.2 Å². The van der Waals surface area contributed by atoms with Crippen LogP contribution in [0.3, 0.4) is 0 Å². The van der Waals surface area contributed by atoms with Gasteiger partial charge in [0.25, 0.3) is 6.01 Å². The summed E-state index contributed by atoms with van der Waals surface area (Å²) in [7, 11) is 0. The summed E-state index contributed by atoms with van der Waals surface area (Å²) in [5, 5.41) is 3.60. The van der Waals surface area contributed by atoms with E-state index in [2.05, 4.69) is 20.2 Å². The number of nitrogens with one attached hydrogen (secondary N) is 1. The van der Waals surface area contributed by atoms with Crippen molar-refractivity contribution < 1.29 is 18.7 Å². The number of hydrogen-bond donors (Lipinski definition) is 1. The predicted molar refractivity (Wildman–Crippen MR) is 118 cm³/mol. The molecule has 4 aromatic rings. The average molecular weight is 436 g/mol. The second kappa shape index (κ2) is 7.42. The van der Waals surface area contributed by atoms with Crippen LogP contribution in [0, 0.1) is 5.92 Å². The second-order valence-electron chi connectivity index (χ2n) is 7.70. The Hall–Kier alpha value is -3.33. The molecule has 0 aliphatic carbocycles. The average Bonchev–Trinajstić information content (AvgIpc) is 3.40. The van der Waals surface area contributed by atoms with Crippen LogP contribution in [0.25, 0.3) is 21.3 Å². The van der Waals surface area contributed by atoms with Crippen LogP contribution in [-0.4, -0.2) is 42.2 Å². The number of hydrogen-bond acceptors (Lipinski definition) is 8. The fraction of sp³-hybridized carbons (Fsp3) is 0.318. The third kappa shape index (κ3) is 3.44.